The first kappa shape index (κ1) is 17.5. The Labute approximate surface area is 138 Å². The SMILES string of the molecule is Cc1cc(C)cc(OCCNS(=O)(=O)Cc2ccccc2C)c1. The van der Waals surface area contributed by atoms with E-state index in [9.17, 15) is 8.42 Å². The van der Waals surface area contributed by atoms with Gasteiger partial charge in [-0.3, -0.25) is 0 Å². The topological polar surface area (TPSA) is 55.4 Å². The monoisotopic (exact) mass is 333 g/mol. The Bertz CT molecular complexity index is 749. The highest BCUT2D eigenvalue weighted by molar-refractivity contribution is 7.88. The number of ether oxygens (including phenoxy) is 1. The molecular weight excluding hydrogens is 310 g/mol. The summed E-state index contributed by atoms with van der Waals surface area (Å²) in [6.07, 6.45) is 0. The summed E-state index contributed by atoms with van der Waals surface area (Å²) in [5, 5.41) is 0. The second-order valence-corrected chi connectivity index (χ2v) is 7.56. The first-order valence-electron chi connectivity index (χ1n) is 7.59. The van der Waals surface area contributed by atoms with E-state index in [4.69, 9.17) is 4.74 Å². The van der Waals surface area contributed by atoms with Gasteiger partial charge < -0.3 is 4.74 Å². The van der Waals surface area contributed by atoms with Gasteiger partial charge in [-0.25, -0.2) is 13.1 Å². The molecule has 0 radical (unpaired) electrons. The van der Waals surface area contributed by atoms with E-state index in [1.54, 1.807) is 0 Å². The fraction of sp³-hybridized carbons (Fsp3) is 0.333. The van der Waals surface area contributed by atoms with Gasteiger partial charge in [-0.15, -0.1) is 0 Å². The molecular formula is C18H23NO3S. The summed E-state index contributed by atoms with van der Waals surface area (Å²) in [5.41, 5.74) is 4.04. The Morgan fingerprint density at radius 1 is 1.00 bits per heavy atom. The molecule has 0 saturated heterocycles. The number of sulfonamides is 1. The van der Waals surface area contributed by atoms with Gasteiger partial charge in [0.25, 0.3) is 0 Å². The van der Waals surface area contributed by atoms with Crippen molar-refractivity contribution in [2.75, 3.05) is 13.2 Å². The highest BCUT2D eigenvalue weighted by Gasteiger charge is 2.12. The minimum atomic E-state index is -3.36. The smallest absolute Gasteiger partial charge is 0.215 e. The molecule has 4 nitrogen and oxygen atoms in total. The molecule has 0 aromatic heterocycles. The summed E-state index contributed by atoms with van der Waals surface area (Å²) in [6, 6.07) is 13.4. The van der Waals surface area contributed by atoms with Crippen molar-refractivity contribution in [1.82, 2.24) is 4.72 Å². The van der Waals surface area contributed by atoms with Crippen molar-refractivity contribution in [3.05, 3.63) is 64.7 Å². The predicted octanol–water partition coefficient (Wildman–Crippen LogP) is 3.11. The number of hydrogen-bond donors (Lipinski definition) is 1. The van der Waals surface area contributed by atoms with Crippen LogP contribution in [0.3, 0.4) is 0 Å². The highest BCUT2D eigenvalue weighted by Crippen LogP contribution is 2.16. The molecule has 0 fully saturated rings. The van der Waals surface area contributed by atoms with Crippen LogP contribution in [-0.4, -0.2) is 21.6 Å². The van der Waals surface area contributed by atoms with Crippen molar-refractivity contribution in [3.63, 3.8) is 0 Å². The maximum absolute atomic E-state index is 12.1. The van der Waals surface area contributed by atoms with Crippen LogP contribution in [0, 0.1) is 20.8 Å². The molecule has 0 bridgehead atoms. The Kier molecular flexibility index (Phi) is 5.80. The molecule has 0 aliphatic carbocycles. The lowest BCUT2D eigenvalue weighted by Gasteiger charge is -2.11. The van der Waals surface area contributed by atoms with Crippen LogP contribution in [0.4, 0.5) is 0 Å². The molecule has 5 heteroatoms. The van der Waals surface area contributed by atoms with Crippen molar-refractivity contribution >= 4 is 10.0 Å². The predicted molar refractivity (Wildman–Crippen MR) is 93.2 cm³/mol. The largest absolute Gasteiger partial charge is 0.492 e. The van der Waals surface area contributed by atoms with E-state index in [0.717, 1.165) is 28.0 Å². The van der Waals surface area contributed by atoms with Crippen LogP contribution >= 0.6 is 0 Å². The molecule has 0 heterocycles. The van der Waals surface area contributed by atoms with Crippen LogP contribution in [0.15, 0.2) is 42.5 Å². The fourth-order valence-electron chi connectivity index (χ4n) is 2.41. The summed E-state index contributed by atoms with van der Waals surface area (Å²) < 4.78 is 32.4. The maximum Gasteiger partial charge on any atom is 0.215 e. The van der Waals surface area contributed by atoms with Crippen molar-refractivity contribution in [1.29, 1.82) is 0 Å². The van der Waals surface area contributed by atoms with Gasteiger partial charge in [-0.2, -0.15) is 0 Å². The zero-order chi connectivity index (χ0) is 16.9. The third-order valence-corrected chi connectivity index (χ3v) is 4.83. The molecule has 0 amide bonds. The number of rotatable bonds is 7. The molecule has 0 aliphatic heterocycles. The second-order valence-electron chi connectivity index (χ2n) is 5.75. The lowest BCUT2D eigenvalue weighted by Crippen LogP contribution is -2.29. The van der Waals surface area contributed by atoms with Crippen LogP contribution in [0.5, 0.6) is 5.75 Å². The van der Waals surface area contributed by atoms with Crippen LogP contribution < -0.4 is 9.46 Å². The van der Waals surface area contributed by atoms with Gasteiger partial charge in [0.1, 0.15) is 12.4 Å². The first-order valence-corrected chi connectivity index (χ1v) is 9.24. The zero-order valence-corrected chi connectivity index (χ0v) is 14.6. The summed E-state index contributed by atoms with van der Waals surface area (Å²) in [6.45, 7) is 6.47. The van der Waals surface area contributed by atoms with Gasteiger partial charge in [0.2, 0.25) is 10.0 Å². The number of aryl methyl sites for hydroxylation is 3. The van der Waals surface area contributed by atoms with E-state index < -0.39 is 10.0 Å². The van der Waals surface area contributed by atoms with E-state index >= 15 is 0 Å². The number of hydrogen-bond acceptors (Lipinski definition) is 3. The van der Waals surface area contributed by atoms with E-state index in [1.165, 1.54) is 0 Å². The van der Waals surface area contributed by atoms with E-state index in [1.807, 2.05) is 57.2 Å². The van der Waals surface area contributed by atoms with Crippen molar-refractivity contribution < 1.29 is 13.2 Å². The van der Waals surface area contributed by atoms with Gasteiger partial charge in [-0.05, 0) is 55.2 Å². The van der Waals surface area contributed by atoms with Gasteiger partial charge in [0, 0.05) is 6.54 Å². The Morgan fingerprint density at radius 2 is 1.65 bits per heavy atom. The Balaban J connectivity index is 1.84. The van der Waals surface area contributed by atoms with E-state index in [-0.39, 0.29) is 12.3 Å². The van der Waals surface area contributed by atoms with E-state index in [2.05, 4.69) is 10.8 Å². The molecule has 0 aliphatic rings. The first-order chi connectivity index (χ1) is 10.9. The van der Waals surface area contributed by atoms with Crippen molar-refractivity contribution in [2.24, 2.45) is 0 Å². The fourth-order valence-corrected chi connectivity index (χ4v) is 3.64. The molecule has 1 N–H and O–H groups in total. The summed E-state index contributed by atoms with van der Waals surface area (Å²) in [5.74, 6) is 0.754. The molecule has 0 spiro atoms. The normalized spacial score (nSPS) is 11.4. The molecule has 124 valence electrons. The van der Waals surface area contributed by atoms with Crippen molar-refractivity contribution in [2.45, 2.75) is 26.5 Å². The third-order valence-electron chi connectivity index (χ3n) is 3.49. The molecule has 0 unspecified atom stereocenters. The number of benzene rings is 2. The average molecular weight is 333 g/mol. The highest BCUT2D eigenvalue weighted by atomic mass is 32.2. The average Bonchev–Trinajstić information content (AvgIpc) is 2.45. The van der Waals surface area contributed by atoms with Gasteiger partial charge in [-0.1, -0.05) is 30.3 Å². The molecule has 0 saturated carbocycles. The molecule has 2 rings (SSSR count). The summed E-state index contributed by atoms with van der Waals surface area (Å²) in [7, 11) is -3.36. The van der Waals surface area contributed by atoms with Crippen LogP contribution in [0.2, 0.25) is 0 Å². The zero-order valence-electron chi connectivity index (χ0n) is 13.8. The molecule has 0 atom stereocenters. The Hall–Kier alpha value is -1.85. The minimum absolute atomic E-state index is 0.0107. The van der Waals surface area contributed by atoms with Crippen LogP contribution in [-0.2, 0) is 15.8 Å². The van der Waals surface area contributed by atoms with Gasteiger partial charge in [0.05, 0.1) is 5.75 Å². The van der Waals surface area contributed by atoms with E-state index in [0.29, 0.717) is 6.61 Å². The van der Waals surface area contributed by atoms with Gasteiger partial charge >= 0.3 is 0 Å². The summed E-state index contributed by atoms with van der Waals surface area (Å²) >= 11 is 0. The lowest BCUT2D eigenvalue weighted by atomic mass is 10.1. The third kappa shape index (κ3) is 5.69. The maximum atomic E-state index is 12.1. The Morgan fingerprint density at radius 3 is 2.30 bits per heavy atom. The second kappa shape index (κ2) is 7.62. The van der Waals surface area contributed by atoms with Gasteiger partial charge in [0.15, 0.2) is 0 Å². The minimum Gasteiger partial charge on any atom is -0.492 e. The van der Waals surface area contributed by atoms with Crippen molar-refractivity contribution in [3.8, 4) is 5.75 Å². The van der Waals surface area contributed by atoms with Crippen LogP contribution in [0.1, 0.15) is 22.3 Å². The van der Waals surface area contributed by atoms with Crippen LogP contribution in [0.25, 0.3) is 0 Å². The quantitative estimate of drug-likeness (QED) is 0.792. The molecule has 2 aromatic rings. The standard InChI is InChI=1S/C18H23NO3S/c1-14-10-15(2)12-18(11-14)22-9-8-19-23(20,21)13-17-7-5-4-6-16(17)3/h4-7,10-12,19H,8-9,13H2,1-3H3. The number of nitrogens with one attached hydrogen (secondary N) is 1. The lowest BCUT2D eigenvalue weighted by molar-refractivity contribution is 0.322. The molecule has 23 heavy (non-hydrogen) atoms. The molecule has 2 aromatic carbocycles. The summed E-state index contributed by atoms with van der Waals surface area (Å²) in [4.78, 5) is 0.